The number of carbonyl (C=O) groups excluding carboxylic acids is 1. The maximum absolute atomic E-state index is 12.8. The first kappa shape index (κ1) is 20.3. The molecular formula is C20H24ClN3OS2. The van der Waals surface area contributed by atoms with Crippen LogP contribution in [0.5, 0.6) is 0 Å². The molecule has 1 fully saturated rings. The highest BCUT2D eigenvalue weighted by molar-refractivity contribution is 7.26. The van der Waals surface area contributed by atoms with Gasteiger partial charge in [-0.15, -0.1) is 35.1 Å². The SMILES string of the molecule is CNCCC1CCN(C(=O)c2ccc(-c3nc4ccccc4s3)s2)CC1.Cl. The Labute approximate surface area is 174 Å². The highest BCUT2D eigenvalue weighted by Gasteiger charge is 2.24. The first-order valence-electron chi connectivity index (χ1n) is 9.14. The number of hydrogen-bond donors (Lipinski definition) is 1. The third-order valence-corrected chi connectivity index (χ3v) is 7.30. The summed E-state index contributed by atoms with van der Waals surface area (Å²) in [6, 6.07) is 12.2. The molecule has 1 aliphatic rings. The second-order valence-corrected chi connectivity index (χ2v) is 8.89. The van der Waals surface area contributed by atoms with Crippen LogP contribution in [-0.4, -0.2) is 42.5 Å². The van der Waals surface area contributed by atoms with Gasteiger partial charge < -0.3 is 10.2 Å². The summed E-state index contributed by atoms with van der Waals surface area (Å²) in [5.74, 6) is 0.919. The molecule has 1 aliphatic heterocycles. The number of nitrogens with zero attached hydrogens (tertiary/aromatic N) is 2. The van der Waals surface area contributed by atoms with E-state index in [1.54, 1.807) is 22.7 Å². The topological polar surface area (TPSA) is 45.2 Å². The minimum absolute atomic E-state index is 0. The highest BCUT2D eigenvalue weighted by Crippen LogP contribution is 2.35. The lowest BCUT2D eigenvalue weighted by atomic mass is 9.93. The summed E-state index contributed by atoms with van der Waals surface area (Å²) in [5.41, 5.74) is 1.03. The fourth-order valence-electron chi connectivity index (χ4n) is 3.47. The Morgan fingerprint density at radius 1 is 1.19 bits per heavy atom. The Balaban J connectivity index is 0.00000210. The molecule has 3 aromatic rings. The molecule has 0 saturated carbocycles. The zero-order valence-corrected chi connectivity index (χ0v) is 17.8. The van der Waals surface area contributed by atoms with Gasteiger partial charge in [0.2, 0.25) is 0 Å². The smallest absolute Gasteiger partial charge is 0.263 e. The maximum atomic E-state index is 12.8. The van der Waals surface area contributed by atoms with Gasteiger partial charge in [0.25, 0.3) is 5.91 Å². The summed E-state index contributed by atoms with van der Waals surface area (Å²) in [5, 5.41) is 4.22. The Bertz CT molecular complexity index is 866. The van der Waals surface area contributed by atoms with Crippen molar-refractivity contribution < 1.29 is 4.79 Å². The van der Waals surface area contributed by atoms with E-state index in [4.69, 9.17) is 4.98 Å². The average Bonchev–Trinajstić information content (AvgIpc) is 3.33. The third kappa shape index (κ3) is 4.51. The van der Waals surface area contributed by atoms with Crippen molar-refractivity contribution >= 4 is 51.2 Å². The lowest BCUT2D eigenvalue weighted by Crippen LogP contribution is -2.38. The summed E-state index contributed by atoms with van der Waals surface area (Å²) in [7, 11) is 2.00. The Hall–Kier alpha value is -1.47. The summed E-state index contributed by atoms with van der Waals surface area (Å²) >= 11 is 3.25. The Morgan fingerprint density at radius 2 is 1.96 bits per heavy atom. The molecule has 0 bridgehead atoms. The first-order valence-corrected chi connectivity index (χ1v) is 10.8. The number of para-hydroxylation sites is 1. The van der Waals surface area contributed by atoms with Gasteiger partial charge in [-0.25, -0.2) is 4.98 Å². The number of benzene rings is 1. The monoisotopic (exact) mass is 421 g/mol. The predicted molar refractivity (Wildman–Crippen MR) is 117 cm³/mol. The van der Waals surface area contributed by atoms with Crippen LogP contribution < -0.4 is 5.32 Å². The van der Waals surface area contributed by atoms with Gasteiger partial charge in [-0.05, 0) is 63.0 Å². The Morgan fingerprint density at radius 3 is 2.70 bits per heavy atom. The van der Waals surface area contributed by atoms with Gasteiger partial charge >= 0.3 is 0 Å². The number of carbonyl (C=O) groups is 1. The molecule has 2 aromatic heterocycles. The van der Waals surface area contributed by atoms with E-state index in [1.807, 2.05) is 42.3 Å². The number of thiophene rings is 1. The minimum Gasteiger partial charge on any atom is -0.338 e. The van der Waals surface area contributed by atoms with E-state index >= 15 is 0 Å². The van der Waals surface area contributed by atoms with Crippen LogP contribution in [0.4, 0.5) is 0 Å². The van der Waals surface area contributed by atoms with Crippen molar-refractivity contribution in [3.05, 3.63) is 41.3 Å². The van der Waals surface area contributed by atoms with E-state index in [2.05, 4.69) is 11.4 Å². The van der Waals surface area contributed by atoms with E-state index in [1.165, 1.54) is 11.1 Å². The van der Waals surface area contributed by atoms with Crippen LogP contribution in [0.25, 0.3) is 20.1 Å². The molecule has 4 rings (SSSR count). The summed E-state index contributed by atoms with van der Waals surface area (Å²) in [6.45, 7) is 2.82. The maximum Gasteiger partial charge on any atom is 0.263 e. The van der Waals surface area contributed by atoms with Gasteiger partial charge in [0.05, 0.1) is 20.0 Å². The van der Waals surface area contributed by atoms with Crippen molar-refractivity contribution in [1.82, 2.24) is 15.2 Å². The van der Waals surface area contributed by atoms with E-state index in [9.17, 15) is 4.79 Å². The second kappa shape index (κ2) is 9.15. The minimum atomic E-state index is 0. The normalized spacial score (nSPS) is 15.1. The zero-order chi connectivity index (χ0) is 17.9. The van der Waals surface area contributed by atoms with Crippen molar-refractivity contribution in [2.24, 2.45) is 5.92 Å². The molecule has 1 amide bonds. The fraction of sp³-hybridized carbons (Fsp3) is 0.400. The Kier molecular flexibility index (Phi) is 6.87. The first-order chi connectivity index (χ1) is 12.7. The van der Waals surface area contributed by atoms with Crippen LogP contribution in [0.3, 0.4) is 0 Å². The number of piperidine rings is 1. The number of nitrogens with one attached hydrogen (secondary N) is 1. The number of aromatic nitrogens is 1. The molecule has 144 valence electrons. The van der Waals surface area contributed by atoms with E-state index in [-0.39, 0.29) is 18.3 Å². The van der Waals surface area contributed by atoms with Gasteiger partial charge in [0, 0.05) is 13.1 Å². The quantitative estimate of drug-likeness (QED) is 0.636. The van der Waals surface area contributed by atoms with Crippen LogP contribution in [-0.2, 0) is 0 Å². The van der Waals surface area contributed by atoms with E-state index < -0.39 is 0 Å². The van der Waals surface area contributed by atoms with Crippen LogP contribution in [0, 0.1) is 5.92 Å². The van der Waals surface area contributed by atoms with Gasteiger partial charge in [0.15, 0.2) is 0 Å². The van der Waals surface area contributed by atoms with Gasteiger partial charge in [-0.2, -0.15) is 0 Å². The number of thiazole rings is 1. The molecule has 1 saturated heterocycles. The van der Waals surface area contributed by atoms with Gasteiger partial charge in [-0.3, -0.25) is 4.79 Å². The van der Waals surface area contributed by atoms with Crippen molar-refractivity contribution in [2.45, 2.75) is 19.3 Å². The molecular weight excluding hydrogens is 398 g/mol. The summed E-state index contributed by atoms with van der Waals surface area (Å²) in [4.78, 5) is 21.5. The molecule has 4 nitrogen and oxygen atoms in total. The summed E-state index contributed by atoms with van der Waals surface area (Å²) in [6.07, 6.45) is 3.44. The second-order valence-electron chi connectivity index (χ2n) is 6.78. The van der Waals surface area contributed by atoms with Crippen molar-refractivity contribution in [3.63, 3.8) is 0 Å². The van der Waals surface area contributed by atoms with Crippen LogP contribution in [0.15, 0.2) is 36.4 Å². The van der Waals surface area contributed by atoms with E-state index in [0.717, 1.165) is 58.7 Å². The average molecular weight is 422 g/mol. The largest absolute Gasteiger partial charge is 0.338 e. The standard InChI is InChI=1S/C20H23N3OS2.ClH/c1-21-11-8-14-9-12-23(13-10-14)20(24)18-7-6-17(25-18)19-22-15-4-2-3-5-16(15)26-19;/h2-7,14,21H,8-13H2,1H3;1H. The molecule has 0 radical (unpaired) electrons. The van der Waals surface area contributed by atoms with Crippen molar-refractivity contribution in [2.75, 3.05) is 26.7 Å². The zero-order valence-electron chi connectivity index (χ0n) is 15.3. The number of halogens is 1. The number of fused-ring (bicyclic) bond motifs is 1. The van der Waals surface area contributed by atoms with Crippen LogP contribution in [0.2, 0.25) is 0 Å². The summed E-state index contributed by atoms with van der Waals surface area (Å²) < 4.78 is 1.19. The van der Waals surface area contributed by atoms with Crippen molar-refractivity contribution in [3.8, 4) is 9.88 Å². The molecule has 27 heavy (non-hydrogen) atoms. The van der Waals surface area contributed by atoms with Crippen LogP contribution >= 0.6 is 35.1 Å². The number of rotatable bonds is 5. The number of amides is 1. The molecule has 3 heterocycles. The molecule has 0 aliphatic carbocycles. The number of hydrogen-bond acceptors (Lipinski definition) is 5. The van der Waals surface area contributed by atoms with Crippen molar-refractivity contribution in [1.29, 1.82) is 0 Å². The lowest BCUT2D eigenvalue weighted by Gasteiger charge is -2.31. The molecule has 0 spiro atoms. The molecule has 7 heteroatoms. The molecule has 1 N–H and O–H groups in total. The third-order valence-electron chi connectivity index (χ3n) is 5.03. The van der Waals surface area contributed by atoms with Gasteiger partial charge in [-0.1, -0.05) is 12.1 Å². The lowest BCUT2D eigenvalue weighted by molar-refractivity contribution is 0.0692. The van der Waals surface area contributed by atoms with Gasteiger partial charge in [0.1, 0.15) is 5.01 Å². The molecule has 0 atom stereocenters. The fourth-order valence-corrected chi connectivity index (χ4v) is 5.47. The predicted octanol–water partition coefficient (Wildman–Crippen LogP) is 4.91. The van der Waals surface area contributed by atoms with Crippen LogP contribution in [0.1, 0.15) is 28.9 Å². The van der Waals surface area contributed by atoms with E-state index in [0.29, 0.717) is 0 Å². The molecule has 1 aromatic carbocycles. The number of likely N-dealkylation sites (tertiary alicyclic amines) is 1. The highest BCUT2D eigenvalue weighted by atomic mass is 35.5. The molecule has 0 unspecified atom stereocenters.